The van der Waals surface area contributed by atoms with Crippen molar-refractivity contribution in [2.75, 3.05) is 0 Å². The van der Waals surface area contributed by atoms with Gasteiger partial charge < -0.3 is 9.67 Å². The summed E-state index contributed by atoms with van der Waals surface area (Å²) in [6.45, 7) is 4.13. The minimum atomic E-state index is -0.808. The molecule has 0 aliphatic carbocycles. The fraction of sp³-hybridized carbons (Fsp3) is 0.333. The van der Waals surface area contributed by atoms with Gasteiger partial charge in [-0.1, -0.05) is 23.8 Å². The minimum absolute atomic E-state index is 0.0869. The van der Waals surface area contributed by atoms with E-state index in [0.29, 0.717) is 6.42 Å². The Morgan fingerprint density at radius 2 is 2.10 bits per heavy atom. The van der Waals surface area contributed by atoms with Crippen molar-refractivity contribution in [3.8, 4) is 11.3 Å². The van der Waals surface area contributed by atoms with Crippen LogP contribution in [0.2, 0.25) is 0 Å². The van der Waals surface area contributed by atoms with E-state index in [9.17, 15) is 4.79 Å². The lowest BCUT2D eigenvalue weighted by Gasteiger charge is -2.09. The van der Waals surface area contributed by atoms with E-state index in [4.69, 9.17) is 5.11 Å². The maximum atomic E-state index is 10.7. The first-order valence-electron chi connectivity index (χ1n) is 6.40. The van der Waals surface area contributed by atoms with Crippen molar-refractivity contribution < 1.29 is 9.90 Å². The highest BCUT2D eigenvalue weighted by Crippen LogP contribution is 2.31. The number of aryl methyl sites for hydroxylation is 3. The van der Waals surface area contributed by atoms with Crippen LogP contribution in [0.5, 0.6) is 0 Å². The van der Waals surface area contributed by atoms with Gasteiger partial charge in [0, 0.05) is 19.0 Å². The number of hydrogen-bond donors (Lipinski definition) is 1. The zero-order valence-corrected chi connectivity index (χ0v) is 13.4. The summed E-state index contributed by atoms with van der Waals surface area (Å²) in [5.74, 6) is -0.0357. The summed E-state index contributed by atoms with van der Waals surface area (Å²) in [7, 11) is 1.92. The fourth-order valence-electron chi connectivity index (χ4n) is 2.32. The Bertz CT molecular complexity index is 662. The Labute approximate surface area is 126 Å². The molecule has 0 radical (unpaired) electrons. The van der Waals surface area contributed by atoms with Crippen LogP contribution in [0.4, 0.5) is 0 Å². The van der Waals surface area contributed by atoms with Gasteiger partial charge in [-0.15, -0.1) is 0 Å². The van der Waals surface area contributed by atoms with Gasteiger partial charge in [-0.2, -0.15) is 0 Å². The van der Waals surface area contributed by atoms with Crippen LogP contribution >= 0.6 is 15.9 Å². The van der Waals surface area contributed by atoms with Crippen molar-refractivity contribution in [3.63, 3.8) is 0 Å². The zero-order valence-electron chi connectivity index (χ0n) is 11.8. The quantitative estimate of drug-likeness (QED) is 0.929. The number of rotatable bonds is 4. The van der Waals surface area contributed by atoms with Gasteiger partial charge in [0.2, 0.25) is 0 Å². The Balaban J connectivity index is 2.44. The number of hydrogen-bond acceptors (Lipinski definition) is 2. The molecular weight excluding hydrogens is 320 g/mol. The molecule has 1 aromatic heterocycles. The van der Waals surface area contributed by atoms with Crippen molar-refractivity contribution in [2.24, 2.45) is 7.05 Å². The Morgan fingerprint density at radius 3 is 2.70 bits per heavy atom. The van der Waals surface area contributed by atoms with Crippen LogP contribution in [-0.2, 0) is 18.3 Å². The highest BCUT2D eigenvalue weighted by Gasteiger charge is 2.16. The molecular formula is C15H17BrN2O2. The molecule has 20 heavy (non-hydrogen) atoms. The van der Waals surface area contributed by atoms with Crippen LogP contribution in [0.15, 0.2) is 22.8 Å². The summed E-state index contributed by atoms with van der Waals surface area (Å²) >= 11 is 3.49. The topological polar surface area (TPSA) is 55.1 Å². The van der Waals surface area contributed by atoms with Crippen LogP contribution in [0.1, 0.15) is 23.4 Å². The Kier molecular flexibility index (Phi) is 4.28. The van der Waals surface area contributed by atoms with Crippen LogP contribution in [0, 0.1) is 13.8 Å². The molecule has 4 nitrogen and oxygen atoms in total. The van der Waals surface area contributed by atoms with Gasteiger partial charge in [0.05, 0.1) is 12.1 Å². The maximum Gasteiger partial charge on any atom is 0.303 e. The second-order valence-electron chi connectivity index (χ2n) is 4.94. The molecule has 0 fully saturated rings. The van der Waals surface area contributed by atoms with Crippen molar-refractivity contribution in [1.29, 1.82) is 0 Å². The molecule has 2 rings (SSSR count). The second kappa shape index (κ2) is 5.79. The molecule has 0 atom stereocenters. The lowest BCUT2D eigenvalue weighted by molar-refractivity contribution is -0.137. The van der Waals surface area contributed by atoms with Gasteiger partial charge in [0.25, 0.3) is 0 Å². The maximum absolute atomic E-state index is 10.7. The number of carboxylic acid groups (broad SMARTS) is 1. The first-order valence-corrected chi connectivity index (χ1v) is 7.20. The number of nitrogens with zero attached hydrogens (tertiary/aromatic N) is 2. The SMILES string of the molecule is Cc1ccc(-c2c(Br)nc(CCC(=O)O)n2C)c(C)c1. The molecule has 0 spiro atoms. The minimum Gasteiger partial charge on any atom is -0.481 e. The summed E-state index contributed by atoms with van der Waals surface area (Å²) in [4.78, 5) is 15.1. The molecule has 0 aliphatic rings. The van der Waals surface area contributed by atoms with Crippen molar-refractivity contribution in [1.82, 2.24) is 9.55 Å². The lowest BCUT2D eigenvalue weighted by Crippen LogP contribution is -2.04. The third-order valence-electron chi connectivity index (χ3n) is 3.34. The van der Waals surface area contributed by atoms with Gasteiger partial charge in [-0.05, 0) is 35.3 Å². The average Bonchev–Trinajstić information content (AvgIpc) is 2.63. The van der Waals surface area contributed by atoms with Gasteiger partial charge in [-0.3, -0.25) is 4.79 Å². The zero-order chi connectivity index (χ0) is 14.9. The van der Waals surface area contributed by atoms with Crippen LogP contribution in [0.3, 0.4) is 0 Å². The molecule has 1 aromatic carbocycles. The smallest absolute Gasteiger partial charge is 0.303 e. The largest absolute Gasteiger partial charge is 0.481 e. The lowest BCUT2D eigenvalue weighted by atomic mass is 10.0. The second-order valence-corrected chi connectivity index (χ2v) is 5.69. The van der Waals surface area contributed by atoms with E-state index in [2.05, 4.69) is 53.0 Å². The molecule has 106 valence electrons. The van der Waals surface area contributed by atoms with Crippen LogP contribution < -0.4 is 0 Å². The summed E-state index contributed by atoms with van der Waals surface area (Å²) in [5, 5.41) is 8.78. The van der Waals surface area contributed by atoms with E-state index < -0.39 is 5.97 Å². The predicted molar refractivity (Wildman–Crippen MR) is 81.8 cm³/mol. The summed E-state index contributed by atoms with van der Waals surface area (Å²) in [5.41, 5.74) is 4.50. The number of halogens is 1. The van der Waals surface area contributed by atoms with E-state index in [0.717, 1.165) is 21.7 Å². The number of benzene rings is 1. The summed E-state index contributed by atoms with van der Waals surface area (Å²) in [6, 6.07) is 6.28. The third kappa shape index (κ3) is 2.93. The number of aromatic nitrogens is 2. The molecule has 0 bridgehead atoms. The third-order valence-corrected chi connectivity index (χ3v) is 3.90. The molecule has 1 heterocycles. The summed E-state index contributed by atoms with van der Waals surface area (Å²) < 4.78 is 2.72. The van der Waals surface area contributed by atoms with Crippen molar-refractivity contribution in [2.45, 2.75) is 26.7 Å². The first-order chi connectivity index (χ1) is 9.40. The molecule has 0 amide bonds. The van der Waals surface area contributed by atoms with Gasteiger partial charge in [0.15, 0.2) is 0 Å². The van der Waals surface area contributed by atoms with E-state index >= 15 is 0 Å². The number of aliphatic carboxylic acids is 1. The predicted octanol–water partition coefficient (Wildman–Crippen LogP) is 3.48. The molecule has 0 aliphatic heterocycles. The van der Waals surface area contributed by atoms with Gasteiger partial charge in [0.1, 0.15) is 10.4 Å². The Morgan fingerprint density at radius 1 is 1.40 bits per heavy atom. The number of carboxylic acids is 1. The highest BCUT2D eigenvalue weighted by atomic mass is 79.9. The number of imidazole rings is 1. The molecule has 1 N–H and O–H groups in total. The molecule has 0 unspecified atom stereocenters. The van der Waals surface area contributed by atoms with Crippen molar-refractivity contribution >= 4 is 21.9 Å². The van der Waals surface area contributed by atoms with Gasteiger partial charge >= 0.3 is 5.97 Å². The normalized spacial score (nSPS) is 10.8. The molecule has 2 aromatic rings. The molecule has 0 saturated carbocycles. The monoisotopic (exact) mass is 336 g/mol. The van der Waals surface area contributed by atoms with Crippen LogP contribution in [0.25, 0.3) is 11.3 Å². The standard InChI is InChI=1S/C15H17BrN2O2/c1-9-4-5-11(10(2)8-9)14-15(16)17-12(18(14)3)6-7-13(19)20/h4-5,8H,6-7H2,1-3H3,(H,19,20). The highest BCUT2D eigenvalue weighted by molar-refractivity contribution is 9.10. The first kappa shape index (κ1) is 14.8. The molecule has 0 saturated heterocycles. The molecule has 5 heteroatoms. The van der Waals surface area contributed by atoms with Crippen LogP contribution in [-0.4, -0.2) is 20.6 Å². The van der Waals surface area contributed by atoms with E-state index in [1.165, 1.54) is 11.1 Å². The van der Waals surface area contributed by atoms with E-state index in [1.807, 2.05) is 11.6 Å². The van der Waals surface area contributed by atoms with E-state index in [1.54, 1.807) is 0 Å². The van der Waals surface area contributed by atoms with Gasteiger partial charge in [-0.25, -0.2) is 4.98 Å². The summed E-state index contributed by atoms with van der Waals surface area (Å²) in [6.07, 6.45) is 0.513. The Hall–Kier alpha value is -1.62. The van der Waals surface area contributed by atoms with Crippen molar-refractivity contribution in [3.05, 3.63) is 39.8 Å². The average molecular weight is 337 g/mol. The van der Waals surface area contributed by atoms with E-state index in [-0.39, 0.29) is 6.42 Å². The number of carbonyl (C=O) groups is 1. The fourth-order valence-corrected chi connectivity index (χ4v) is 3.01.